The van der Waals surface area contributed by atoms with Crippen LogP contribution in [-0.2, 0) is 0 Å². The number of carbonyl (C=O) groups is 1. The molecule has 0 aliphatic carbocycles. The van der Waals surface area contributed by atoms with Crippen LogP contribution in [0.5, 0.6) is 0 Å². The zero-order valence-electron chi connectivity index (χ0n) is 11.7. The highest BCUT2D eigenvalue weighted by Gasteiger charge is 2.27. The van der Waals surface area contributed by atoms with Crippen LogP contribution in [0.25, 0.3) is 0 Å². The first-order valence-corrected chi connectivity index (χ1v) is 7.83. The Kier molecular flexibility index (Phi) is 3.83. The maximum atomic E-state index is 12.4. The van der Waals surface area contributed by atoms with E-state index in [-0.39, 0.29) is 17.4 Å². The molecule has 0 spiro atoms. The number of nitrogens with zero attached hydrogens (tertiary/aromatic N) is 3. The highest BCUT2D eigenvalue weighted by Crippen LogP contribution is 2.25. The summed E-state index contributed by atoms with van der Waals surface area (Å²) in [7, 11) is 0. The van der Waals surface area contributed by atoms with E-state index in [1.54, 1.807) is 22.7 Å². The Hall–Kier alpha value is -2.02. The van der Waals surface area contributed by atoms with Gasteiger partial charge in [-0.25, -0.2) is 9.97 Å². The van der Waals surface area contributed by atoms with Crippen molar-refractivity contribution in [2.45, 2.75) is 25.7 Å². The van der Waals surface area contributed by atoms with Gasteiger partial charge in [0.25, 0.3) is 11.5 Å². The molecule has 2 aromatic rings. The third kappa shape index (κ3) is 3.02. The van der Waals surface area contributed by atoms with Crippen molar-refractivity contribution in [2.24, 2.45) is 0 Å². The van der Waals surface area contributed by atoms with E-state index < -0.39 is 0 Å². The van der Waals surface area contributed by atoms with Crippen molar-refractivity contribution in [3.63, 3.8) is 0 Å². The van der Waals surface area contributed by atoms with Gasteiger partial charge < -0.3 is 9.88 Å². The van der Waals surface area contributed by atoms with E-state index in [0.29, 0.717) is 18.1 Å². The second-order valence-electron chi connectivity index (χ2n) is 5.22. The number of aromatic nitrogens is 3. The Balaban J connectivity index is 1.79. The Morgan fingerprint density at radius 3 is 3.10 bits per heavy atom. The van der Waals surface area contributed by atoms with Crippen LogP contribution in [0.4, 0.5) is 0 Å². The van der Waals surface area contributed by atoms with E-state index in [2.05, 4.69) is 15.0 Å². The van der Waals surface area contributed by atoms with Crippen LogP contribution in [0, 0.1) is 6.92 Å². The smallest absolute Gasteiger partial charge is 0.273 e. The molecular weight excluding hydrogens is 288 g/mol. The average Bonchev–Trinajstić information content (AvgIpc) is 3.00. The summed E-state index contributed by atoms with van der Waals surface area (Å²) in [5, 5.41) is 1.77. The number of hydrogen-bond acceptors (Lipinski definition) is 5. The zero-order valence-corrected chi connectivity index (χ0v) is 12.5. The Morgan fingerprint density at radius 1 is 1.52 bits per heavy atom. The van der Waals surface area contributed by atoms with Gasteiger partial charge >= 0.3 is 0 Å². The minimum Gasteiger partial charge on any atom is -0.337 e. The number of amides is 1. The Labute approximate surface area is 125 Å². The zero-order chi connectivity index (χ0) is 14.8. The van der Waals surface area contributed by atoms with E-state index in [0.717, 1.165) is 25.1 Å². The molecule has 1 amide bonds. The maximum absolute atomic E-state index is 12.4. The molecule has 0 bridgehead atoms. The van der Waals surface area contributed by atoms with Gasteiger partial charge in [-0.2, -0.15) is 0 Å². The number of thiazole rings is 1. The van der Waals surface area contributed by atoms with E-state index >= 15 is 0 Å². The third-order valence-corrected chi connectivity index (χ3v) is 4.24. The largest absolute Gasteiger partial charge is 0.337 e. The summed E-state index contributed by atoms with van der Waals surface area (Å²) in [5.41, 5.74) is 2.79. The minimum absolute atomic E-state index is 0.0393. The van der Waals surface area contributed by atoms with Crippen molar-refractivity contribution in [1.29, 1.82) is 0 Å². The van der Waals surface area contributed by atoms with Crippen molar-refractivity contribution in [3.8, 4) is 0 Å². The van der Waals surface area contributed by atoms with Crippen molar-refractivity contribution >= 4 is 17.2 Å². The van der Waals surface area contributed by atoms with Crippen LogP contribution in [0.15, 0.2) is 21.8 Å². The average molecular weight is 304 g/mol. The molecule has 1 N–H and O–H groups in total. The summed E-state index contributed by atoms with van der Waals surface area (Å²) in [6.07, 6.45) is 1.85. The van der Waals surface area contributed by atoms with Crippen molar-refractivity contribution in [3.05, 3.63) is 44.5 Å². The molecule has 2 aromatic heterocycles. The second kappa shape index (κ2) is 5.77. The molecule has 1 fully saturated rings. The van der Waals surface area contributed by atoms with E-state index in [9.17, 15) is 9.59 Å². The Morgan fingerprint density at radius 2 is 2.38 bits per heavy atom. The first kappa shape index (κ1) is 13.9. The molecule has 0 radical (unpaired) electrons. The van der Waals surface area contributed by atoms with Gasteiger partial charge in [-0.05, 0) is 19.8 Å². The number of H-pyrrole nitrogens is 1. The lowest BCUT2D eigenvalue weighted by Gasteiger charge is -2.32. The number of likely N-dealkylation sites (tertiary alicyclic amines) is 1. The molecule has 1 atom stereocenters. The van der Waals surface area contributed by atoms with Gasteiger partial charge in [0.1, 0.15) is 11.5 Å². The van der Waals surface area contributed by atoms with Crippen LogP contribution >= 0.6 is 11.3 Å². The van der Waals surface area contributed by atoms with Gasteiger partial charge in [0.15, 0.2) is 0 Å². The van der Waals surface area contributed by atoms with Crippen molar-refractivity contribution in [2.75, 3.05) is 13.1 Å². The molecule has 3 heterocycles. The van der Waals surface area contributed by atoms with Gasteiger partial charge in [0.2, 0.25) is 0 Å². The lowest BCUT2D eigenvalue weighted by atomic mass is 9.94. The fourth-order valence-electron chi connectivity index (χ4n) is 2.69. The van der Waals surface area contributed by atoms with Crippen LogP contribution in [0.3, 0.4) is 0 Å². The lowest BCUT2D eigenvalue weighted by molar-refractivity contribution is 0.0700. The Bertz CT molecular complexity index is 695. The quantitative estimate of drug-likeness (QED) is 0.913. The molecule has 1 saturated heterocycles. The summed E-state index contributed by atoms with van der Waals surface area (Å²) < 4.78 is 0. The normalized spacial score (nSPS) is 18.7. The molecule has 0 saturated carbocycles. The molecular formula is C14H16N4O2S. The first-order chi connectivity index (χ1) is 10.1. The van der Waals surface area contributed by atoms with Crippen molar-refractivity contribution in [1.82, 2.24) is 19.9 Å². The molecule has 1 unspecified atom stereocenters. The number of nitrogens with one attached hydrogen (secondary N) is 1. The second-order valence-corrected chi connectivity index (χ2v) is 5.94. The molecule has 0 aromatic carbocycles. The van der Waals surface area contributed by atoms with E-state index in [1.807, 2.05) is 0 Å². The highest BCUT2D eigenvalue weighted by atomic mass is 32.1. The van der Waals surface area contributed by atoms with Crippen LogP contribution in [0.1, 0.15) is 40.8 Å². The predicted molar refractivity (Wildman–Crippen MR) is 79.6 cm³/mol. The fourth-order valence-corrected chi connectivity index (χ4v) is 3.22. The van der Waals surface area contributed by atoms with Gasteiger partial charge in [-0.15, -0.1) is 11.3 Å². The number of aromatic amines is 1. The van der Waals surface area contributed by atoms with Gasteiger partial charge in [-0.1, -0.05) is 0 Å². The van der Waals surface area contributed by atoms with Crippen LogP contribution in [-0.4, -0.2) is 38.8 Å². The first-order valence-electron chi connectivity index (χ1n) is 6.89. The highest BCUT2D eigenvalue weighted by molar-refractivity contribution is 7.07. The SMILES string of the molecule is Cc1nc(C2CCCN(C(=O)c3cscn3)C2)cc(=O)[nH]1. The number of aryl methyl sites for hydroxylation is 1. The van der Waals surface area contributed by atoms with Gasteiger partial charge in [0, 0.05) is 30.5 Å². The molecule has 110 valence electrons. The molecule has 3 rings (SSSR count). The summed E-state index contributed by atoms with van der Waals surface area (Å²) >= 11 is 1.42. The summed E-state index contributed by atoms with van der Waals surface area (Å²) in [4.78, 5) is 36.9. The molecule has 7 heteroatoms. The summed E-state index contributed by atoms with van der Waals surface area (Å²) in [5.74, 6) is 0.685. The van der Waals surface area contributed by atoms with Crippen LogP contribution in [0.2, 0.25) is 0 Å². The molecule has 1 aliphatic heterocycles. The third-order valence-electron chi connectivity index (χ3n) is 3.66. The van der Waals surface area contributed by atoms with Crippen molar-refractivity contribution < 1.29 is 4.79 Å². The number of piperidine rings is 1. The summed E-state index contributed by atoms with van der Waals surface area (Å²) in [6.45, 7) is 3.09. The predicted octanol–water partition coefficient (Wildman–Crippen LogP) is 1.55. The number of carbonyl (C=O) groups excluding carboxylic acids is 1. The minimum atomic E-state index is -0.138. The maximum Gasteiger partial charge on any atom is 0.273 e. The molecule has 21 heavy (non-hydrogen) atoms. The summed E-state index contributed by atoms with van der Waals surface area (Å²) in [6, 6.07) is 1.54. The topological polar surface area (TPSA) is 79.0 Å². The van der Waals surface area contributed by atoms with Crippen LogP contribution < -0.4 is 5.56 Å². The van der Waals surface area contributed by atoms with E-state index in [1.165, 1.54) is 17.4 Å². The van der Waals surface area contributed by atoms with Gasteiger partial charge in [-0.3, -0.25) is 9.59 Å². The lowest BCUT2D eigenvalue weighted by Crippen LogP contribution is -2.39. The molecule has 6 nitrogen and oxygen atoms in total. The van der Waals surface area contributed by atoms with Gasteiger partial charge in [0.05, 0.1) is 11.2 Å². The fraction of sp³-hybridized carbons (Fsp3) is 0.429. The molecule has 1 aliphatic rings. The number of hydrogen-bond donors (Lipinski definition) is 1. The standard InChI is InChI=1S/C14H16N4O2S/c1-9-16-11(5-13(19)17-9)10-3-2-4-18(6-10)14(20)12-7-21-8-15-12/h5,7-8,10H,2-4,6H2,1H3,(H,16,17,19). The monoisotopic (exact) mass is 304 g/mol. The number of rotatable bonds is 2. The van der Waals surface area contributed by atoms with E-state index in [4.69, 9.17) is 0 Å².